The topological polar surface area (TPSA) is 81.8 Å². The third kappa shape index (κ3) is 6.69. The number of carbonyl (C=O) groups excluding carboxylic acids is 3. The van der Waals surface area contributed by atoms with E-state index in [-0.39, 0.29) is 24.3 Å². The van der Waals surface area contributed by atoms with Gasteiger partial charge in [0.2, 0.25) is 5.91 Å². The van der Waals surface area contributed by atoms with Crippen LogP contribution in [0.15, 0.2) is 78.9 Å². The summed E-state index contributed by atoms with van der Waals surface area (Å²) in [4.78, 5) is 41.6. The van der Waals surface area contributed by atoms with E-state index >= 15 is 0 Å². The average Bonchev–Trinajstić information content (AvgIpc) is 2.89. The number of benzene rings is 3. The van der Waals surface area contributed by atoms with E-state index in [0.29, 0.717) is 42.1 Å². The van der Waals surface area contributed by atoms with E-state index in [1.807, 2.05) is 57.2 Å². The maximum absolute atomic E-state index is 13.1. The van der Waals surface area contributed by atoms with E-state index in [1.54, 1.807) is 52.3 Å². The van der Waals surface area contributed by atoms with Crippen LogP contribution in [-0.2, 0) is 4.79 Å². The SMILES string of the molecule is CCN(CC)C(=O)c1cccc(NC(=O)CNc2cccc(C(=O)N(CC)c3ccccc3)c2)c1. The second-order valence-electron chi connectivity index (χ2n) is 7.93. The second-order valence-corrected chi connectivity index (χ2v) is 7.93. The Hall–Kier alpha value is -4.13. The van der Waals surface area contributed by atoms with Crippen LogP contribution in [0.1, 0.15) is 41.5 Å². The summed E-state index contributed by atoms with van der Waals surface area (Å²) in [6, 6.07) is 23.5. The molecule has 3 amide bonds. The van der Waals surface area contributed by atoms with Gasteiger partial charge in [0.1, 0.15) is 0 Å². The molecule has 2 N–H and O–H groups in total. The highest BCUT2D eigenvalue weighted by atomic mass is 16.2. The number of amides is 3. The first-order valence-electron chi connectivity index (χ1n) is 11.9. The fourth-order valence-electron chi connectivity index (χ4n) is 3.78. The van der Waals surface area contributed by atoms with Crippen molar-refractivity contribution < 1.29 is 14.4 Å². The van der Waals surface area contributed by atoms with Gasteiger partial charge in [-0.3, -0.25) is 14.4 Å². The van der Waals surface area contributed by atoms with E-state index in [1.165, 1.54) is 0 Å². The molecular formula is C28H32N4O3. The Kier molecular flexibility index (Phi) is 9.01. The molecule has 182 valence electrons. The zero-order valence-electron chi connectivity index (χ0n) is 20.5. The van der Waals surface area contributed by atoms with Crippen LogP contribution in [0, 0.1) is 0 Å². The zero-order chi connectivity index (χ0) is 25.2. The van der Waals surface area contributed by atoms with Crippen LogP contribution in [0.3, 0.4) is 0 Å². The first-order chi connectivity index (χ1) is 17.0. The van der Waals surface area contributed by atoms with E-state index in [2.05, 4.69) is 10.6 Å². The van der Waals surface area contributed by atoms with Gasteiger partial charge < -0.3 is 20.4 Å². The molecule has 3 rings (SSSR count). The standard InChI is InChI=1S/C28H32N4O3/c1-4-31(5-2)27(34)21-12-11-15-24(19-21)30-26(33)20-29-23-14-10-13-22(18-23)28(35)32(6-3)25-16-8-7-9-17-25/h7-19,29H,4-6,20H2,1-3H3,(H,30,33). The fourth-order valence-corrected chi connectivity index (χ4v) is 3.78. The van der Waals surface area contributed by atoms with Gasteiger partial charge in [-0.2, -0.15) is 0 Å². The Bertz CT molecular complexity index is 1160. The van der Waals surface area contributed by atoms with Crippen molar-refractivity contribution in [1.82, 2.24) is 4.90 Å². The molecular weight excluding hydrogens is 440 g/mol. The van der Waals surface area contributed by atoms with Crippen LogP contribution in [0.5, 0.6) is 0 Å². The summed E-state index contributed by atoms with van der Waals surface area (Å²) in [5.74, 6) is -0.433. The number of rotatable bonds is 10. The lowest BCUT2D eigenvalue weighted by molar-refractivity contribution is -0.114. The van der Waals surface area contributed by atoms with Crippen molar-refractivity contribution in [2.24, 2.45) is 0 Å². The summed E-state index contributed by atoms with van der Waals surface area (Å²) in [6.07, 6.45) is 0. The lowest BCUT2D eigenvalue weighted by Gasteiger charge is -2.21. The van der Waals surface area contributed by atoms with Crippen LogP contribution < -0.4 is 15.5 Å². The highest BCUT2D eigenvalue weighted by molar-refractivity contribution is 6.06. The van der Waals surface area contributed by atoms with Crippen molar-refractivity contribution in [3.05, 3.63) is 90.0 Å². The van der Waals surface area contributed by atoms with Crippen LogP contribution in [0.2, 0.25) is 0 Å². The van der Waals surface area contributed by atoms with E-state index < -0.39 is 0 Å². The van der Waals surface area contributed by atoms with Crippen LogP contribution in [0.4, 0.5) is 17.1 Å². The molecule has 7 heteroatoms. The van der Waals surface area contributed by atoms with Gasteiger partial charge in [0.05, 0.1) is 6.54 Å². The maximum Gasteiger partial charge on any atom is 0.258 e. The molecule has 0 radical (unpaired) electrons. The van der Waals surface area contributed by atoms with Crippen molar-refractivity contribution in [1.29, 1.82) is 0 Å². The Labute approximate surface area is 206 Å². The van der Waals surface area contributed by atoms with Gasteiger partial charge in [0, 0.05) is 47.8 Å². The third-order valence-electron chi connectivity index (χ3n) is 5.64. The van der Waals surface area contributed by atoms with Crippen molar-refractivity contribution in [3.8, 4) is 0 Å². The van der Waals surface area contributed by atoms with Gasteiger partial charge in [-0.15, -0.1) is 0 Å². The smallest absolute Gasteiger partial charge is 0.258 e. The van der Waals surface area contributed by atoms with Crippen molar-refractivity contribution in [2.45, 2.75) is 20.8 Å². The largest absolute Gasteiger partial charge is 0.376 e. The highest BCUT2D eigenvalue weighted by Gasteiger charge is 2.17. The maximum atomic E-state index is 13.1. The van der Waals surface area contributed by atoms with Crippen LogP contribution in [-0.4, -0.2) is 48.8 Å². The summed E-state index contributed by atoms with van der Waals surface area (Å²) in [5, 5.41) is 5.89. The van der Waals surface area contributed by atoms with Gasteiger partial charge in [-0.25, -0.2) is 0 Å². The molecule has 0 aromatic heterocycles. The van der Waals surface area contributed by atoms with Gasteiger partial charge in [0.15, 0.2) is 0 Å². The summed E-state index contributed by atoms with van der Waals surface area (Å²) in [5.41, 5.74) is 3.12. The first kappa shape index (κ1) is 25.5. The second kappa shape index (κ2) is 12.4. The summed E-state index contributed by atoms with van der Waals surface area (Å²) in [6.45, 7) is 7.60. The molecule has 3 aromatic rings. The number of hydrogen-bond donors (Lipinski definition) is 2. The first-order valence-corrected chi connectivity index (χ1v) is 11.9. The molecule has 0 heterocycles. The Morgan fingerprint density at radius 2 is 1.29 bits per heavy atom. The Morgan fingerprint density at radius 3 is 1.91 bits per heavy atom. The average molecular weight is 473 g/mol. The van der Waals surface area contributed by atoms with Crippen molar-refractivity contribution >= 4 is 34.8 Å². The monoisotopic (exact) mass is 472 g/mol. The Morgan fingerprint density at radius 1 is 0.686 bits per heavy atom. The molecule has 0 atom stereocenters. The molecule has 0 bridgehead atoms. The lowest BCUT2D eigenvalue weighted by atomic mass is 10.1. The molecule has 0 saturated heterocycles. The predicted octanol–water partition coefficient (Wildman–Crippen LogP) is 4.89. The quantitative estimate of drug-likeness (QED) is 0.440. The highest BCUT2D eigenvalue weighted by Crippen LogP contribution is 2.19. The molecule has 0 aliphatic rings. The summed E-state index contributed by atoms with van der Waals surface area (Å²) in [7, 11) is 0. The number of hydrogen-bond acceptors (Lipinski definition) is 4. The molecule has 3 aromatic carbocycles. The van der Waals surface area contributed by atoms with Gasteiger partial charge in [0.25, 0.3) is 11.8 Å². The van der Waals surface area contributed by atoms with Gasteiger partial charge >= 0.3 is 0 Å². The number of anilines is 3. The Balaban J connectivity index is 1.62. The number of nitrogens with zero attached hydrogens (tertiary/aromatic N) is 2. The van der Waals surface area contributed by atoms with Crippen LogP contribution >= 0.6 is 0 Å². The van der Waals surface area contributed by atoms with Crippen molar-refractivity contribution in [3.63, 3.8) is 0 Å². The fraction of sp³-hybridized carbons (Fsp3) is 0.250. The molecule has 0 saturated carbocycles. The molecule has 0 spiro atoms. The van der Waals surface area contributed by atoms with E-state index in [0.717, 1.165) is 5.69 Å². The molecule has 0 aliphatic heterocycles. The number of carbonyl (C=O) groups is 3. The molecule has 0 fully saturated rings. The van der Waals surface area contributed by atoms with E-state index in [4.69, 9.17) is 0 Å². The molecule has 35 heavy (non-hydrogen) atoms. The zero-order valence-corrected chi connectivity index (χ0v) is 20.5. The normalized spacial score (nSPS) is 10.4. The minimum atomic E-state index is -0.256. The third-order valence-corrected chi connectivity index (χ3v) is 5.64. The van der Waals surface area contributed by atoms with Gasteiger partial charge in [-0.05, 0) is 69.3 Å². The lowest BCUT2D eigenvalue weighted by Crippen LogP contribution is -2.30. The molecule has 0 aliphatic carbocycles. The number of nitrogens with one attached hydrogen (secondary N) is 2. The number of para-hydroxylation sites is 1. The summed E-state index contributed by atoms with van der Waals surface area (Å²) < 4.78 is 0. The molecule has 7 nitrogen and oxygen atoms in total. The predicted molar refractivity (Wildman–Crippen MR) is 141 cm³/mol. The minimum absolute atomic E-state index is 0.0159. The van der Waals surface area contributed by atoms with Crippen LogP contribution in [0.25, 0.3) is 0 Å². The minimum Gasteiger partial charge on any atom is -0.376 e. The van der Waals surface area contributed by atoms with Crippen molar-refractivity contribution in [2.75, 3.05) is 41.7 Å². The summed E-state index contributed by atoms with van der Waals surface area (Å²) >= 11 is 0. The van der Waals surface area contributed by atoms with Gasteiger partial charge in [-0.1, -0.05) is 30.3 Å². The van der Waals surface area contributed by atoms with E-state index in [9.17, 15) is 14.4 Å². The molecule has 0 unspecified atom stereocenters.